The van der Waals surface area contributed by atoms with E-state index in [-0.39, 0.29) is 18.8 Å². The number of hydrogen-bond donors (Lipinski definition) is 1. The number of nitrogens with one attached hydrogen (secondary N) is 1. The molecule has 3 rings (SSSR count). The van der Waals surface area contributed by atoms with Crippen LogP contribution < -0.4 is 5.32 Å². The van der Waals surface area contributed by atoms with E-state index in [4.69, 9.17) is 9.47 Å². The van der Waals surface area contributed by atoms with Gasteiger partial charge in [-0.25, -0.2) is 4.79 Å². The van der Waals surface area contributed by atoms with Crippen LogP contribution in [-0.4, -0.2) is 24.8 Å². The Balaban J connectivity index is 1.54. The average Bonchev–Trinajstić information content (AvgIpc) is 3.38. The third-order valence-electron chi connectivity index (χ3n) is 3.86. The highest BCUT2D eigenvalue weighted by molar-refractivity contribution is 5.67. The monoisotopic (exact) mass is 311 g/mol. The number of epoxide rings is 1. The topological polar surface area (TPSA) is 50.9 Å². The van der Waals surface area contributed by atoms with Crippen molar-refractivity contribution < 1.29 is 14.3 Å². The van der Waals surface area contributed by atoms with Crippen LogP contribution in [0.4, 0.5) is 4.79 Å². The quantitative estimate of drug-likeness (QED) is 0.833. The number of carbonyl (C=O) groups excluding carboxylic acids is 1. The summed E-state index contributed by atoms with van der Waals surface area (Å²) in [5.41, 5.74) is 3.37. The van der Waals surface area contributed by atoms with Crippen LogP contribution in [0.3, 0.4) is 0 Å². The van der Waals surface area contributed by atoms with Crippen LogP contribution in [0.2, 0.25) is 0 Å². The lowest BCUT2D eigenvalue weighted by Crippen LogP contribution is -2.40. The molecule has 2 atom stereocenters. The number of carbonyl (C=O) groups is 1. The molecule has 0 radical (unpaired) electrons. The lowest BCUT2D eigenvalue weighted by atomic mass is 10.0. The number of rotatable bonds is 6. The van der Waals surface area contributed by atoms with Crippen LogP contribution in [0.25, 0.3) is 0 Å². The molecule has 0 aliphatic carbocycles. The molecule has 1 saturated heterocycles. The van der Waals surface area contributed by atoms with E-state index in [2.05, 4.69) is 30.4 Å². The van der Waals surface area contributed by atoms with Gasteiger partial charge in [-0.3, -0.25) is 0 Å². The zero-order valence-corrected chi connectivity index (χ0v) is 13.2. The summed E-state index contributed by atoms with van der Waals surface area (Å²) in [6.45, 7) is 3.03. The van der Waals surface area contributed by atoms with Gasteiger partial charge in [-0.15, -0.1) is 0 Å². The Kier molecular flexibility index (Phi) is 4.93. The lowest BCUT2D eigenvalue weighted by Gasteiger charge is -2.17. The third-order valence-corrected chi connectivity index (χ3v) is 3.86. The van der Waals surface area contributed by atoms with E-state index in [9.17, 15) is 4.79 Å². The van der Waals surface area contributed by atoms with Gasteiger partial charge >= 0.3 is 6.09 Å². The molecule has 1 amide bonds. The van der Waals surface area contributed by atoms with Gasteiger partial charge in [-0.2, -0.15) is 0 Å². The van der Waals surface area contributed by atoms with Crippen molar-refractivity contribution in [3.05, 3.63) is 71.3 Å². The maximum absolute atomic E-state index is 12.0. The van der Waals surface area contributed by atoms with Crippen molar-refractivity contribution >= 4 is 6.09 Å². The van der Waals surface area contributed by atoms with E-state index >= 15 is 0 Å². The van der Waals surface area contributed by atoms with Gasteiger partial charge in [-0.05, 0) is 24.5 Å². The van der Waals surface area contributed by atoms with Gasteiger partial charge in [0.15, 0.2) is 0 Å². The highest BCUT2D eigenvalue weighted by Crippen LogP contribution is 2.19. The Hall–Kier alpha value is -2.33. The molecule has 4 heteroatoms. The number of amides is 1. The third kappa shape index (κ3) is 4.83. The average molecular weight is 311 g/mol. The van der Waals surface area contributed by atoms with Gasteiger partial charge in [0.05, 0.1) is 12.6 Å². The molecule has 2 aromatic carbocycles. The molecule has 0 bridgehead atoms. The molecule has 23 heavy (non-hydrogen) atoms. The fourth-order valence-electron chi connectivity index (χ4n) is 2.57. The summed E-state index contributed by atoms with van der Waals surface area (Å²) in [4.78, 5) is 12.0. The van der Waals surface area contributed by atoms with E-state index < -0.39 is 6.09 Å². The molecule has 1 aliphatic rings. The highest BCUT2D eigenvalue weighted by Gasteiger charge is 2.34. The number of ether oxygens (including phenoxy) is 2. The minimum Gasteiger partial charge on any atom is -0.445 e. The van der Waals surface area contributed by atoms with Crippen LogP contribution >= 0.6 is 0 Å². The second-order valence-corrected chi connectivity index (χ2v) is 5.88. The van der Waals surface area contributed by atoms with Crippen LogP contribution in [-0.2, 0) is 22.5 Å². The number of alkyl carbamates (subject to hydrolysis) is 1. The zero-order valence-electron chi connectivity index (χ0n) is 13.2. The molecular weight excluding hydrogens is 290 g/mol. The molecule has 4 nitrogen and oxygen atoms in total. The van der Waals surface area contributed by atoms with E-state index in [0.29, 0.717) is 6.61 Å². The molecule has 1 aliphatic heterocycles. The molecule has 1 N–H and O–H groups in total. The first kappa shape index (κ1) is 15.6. The van der Waals surface area contributed by atoms with Gasteiger partial charge < -0.3 is 14.8 Å². The molecule has 120 valence electrons. The fourth-order valence-corrected chi connectivity index (χ4v) is 2.57. The van der Waals surface area contributed by atoms with Crippen molar-refractivity contribution in [2.45, 2.75) is 32.1 Å². The summed E-state index contributed by atoms with van der Waals surface area (Å²) in [7, 11) is 0. The molecule has 1 fully saturated rings. The summed E-state index contributed by atoms with van der Waals surface area (Å²) in [5, 5.41) is 2.93. The van der Waals surface area contributed by atoms with Crippen molar-refractivity contribution in [3.8, 4) is 0 Å². The van der Waals surface area contributed by atoms with Crippen molar-refractivity contribution in [2.24, 2.45) is 0 Å². The normalized spacial score (nSPS) is 17.3. The molecule has 0 aromatic heterocycles. The molecule has 1 unspecified atom stereocenters. The molecular formula is C19H21NO3. The summed E-state index contributed by atoms with van der Waals surface area (Å²) in [6.07, 6.45) is 0.425. The number of benzene rings is 2. The summed E-state index contributed by atoms with van der Waals surface area (Å²) < 4.78 is 10.7. The first-order chi connectivity index (χ1) is 11.2. The van der Waals surface area contributed by atoms with Crippen molar-refractivity contribution in [3.63, 3.8) is 0 Å². The van der Waals surface area contributed by atoms with Crippen LogP contribution in [0.15, 0.2) is 54.6 Å². The largest absolute Gasteiger partial charge is 0.445 e. The fraction of sp³-hybridized carbons (Fsp3) is 0.316. The Morgan fingerprint density at radius 3 is 2.65 bits per heavy atom. The van der Waals surface area contributed by atoms with Crippen molar-refractivity contribution in [1.82, 2.24) is 5.32 Å². The maximum Gasteiger partial charge on any atom is 0.407 e. The van der Waals surface area contributed by atoms with Gasteiger partial charge in [0.2, 0.25) is 0 Å². The van der Waals surface area contributed by atoms with Crippen LogP contribution in [0.5, 0.6) is 0 Å². The lowest BCUT2D eigenvalue weighted by molar-refractivity contribution is 0.133. The summed E-state index contributed by atoms with van der Waals surface area (Å²) >= 11 is 0. The first-order valence-corrected chi connectivity index (χ1v) is 7.85. The Labute approximate surface area is 136 Å². The van der Waals surface area contributed by atoms with E-state index in [1.165, 1.54) is 11.1 Å². The molecule has 2 aromatic rings. The minimum atomic E-state index is -0.401. The predicted molar refractivity (Wildman–Crippen MR) is 88.2 cm³/mol. The van der Waals surface area contributed by atoms with Gasteiger partial charge in [0.1, 0.15) is 12.7 Å². The van der Waals surface area contributed by atoms with E-state index in [1.807, 2.05) is 36.4 Å². The van der Waals surface area contributed by atoms with Gasteiger partial charge in [0.25, 0.3) is 0 Å². The second-order valence-electron chi connectivity index (χ2n) is 5.88. The highest BCUT2D eigenvalue weighted by atomic mass is 16.6. The Bertz CT molecular complexity index is 653. The van der Waals surface area contributed by atoms with Crippen molar-refractivity contribution in [2.75, 3.05) is 6.61 Å². The molecule has 0 spiro atoms. The first-order valence-electron chi connectivity index (χ1n) is 7.85. The smallest absolute Gasteiger partial charge is 0.407 e. The van der Waals surface area contributed by atoms with E-state index in [1.54, 1.807) is 0 Å². The molecule has 0 saturated carbocycles. The predicted octanol–water partition coefficient (Wildman–Crippen LogP) is 3.23. The number of hydrogen-bond acceptors (Lipinski definition) is 3. The number of aryl methyl sites for hydroxylation is 1. The molecule has 1 heterocycles. The SMILES string of the molecule is Cc1cccc(CC(NC(=O)OCc2ccccc2)[C@@H]2CO2)c1. The second kappa shape index (κ2) is 7.29. The van der Waals surface area contributed by atoms with Crippen LogP contribution in [0.1, 0.15) is 16.7 Å². The van der Waals surface area contributed by atoms with Crippen LogP contribution in [0, 0.1) is 6.92 Å². The van der Waals surface area contributed by atoms with Gasteiger partial charge in [-0.1, -0.05) is 60.2 Å². The Morgan fingerprint density at radius 2 is 1.96 bits per heavy atom. The van der Waals surface area contributed by atoms with Crippen molar-refractivity contribution in [1.29, 1.82) is 0 Å². The zero-order chi connectivity index (χ0) is 16.1. The van der Waals surface area contributed by atoms with E-state index in [0.717, 1.165) is 12.0 Å². The summed E-state index contributed by atoms with van der Waals surface area (Å²) in [6, 6.07) is 17.9. The Morgan fingerprint density at radius 1 is 1.22 bits per heavy atom. The maximum atomic E-state index is 12.0. The standard InChI is InChI=1S/C19H21NO3/c1-14-6-5-9-16(10-14)11-17(18-13-22-18)20-19(21)23-12-15-7-3-2-4-8-15/h2-10,17-18H,11-13H2,1H3,(H,20,21)/t17?,18-/m0/s1. The minimum absolute atomic E-state index is 0.0555. The summed E-state index contributed by atoms with van der Waals surface area (Å²) in [5.74, 6) is 0. The van der Waals surface area contributed by atoms with Gasteiger partial charge in [0, 0.05) is 0 Å².